The minimum absolute atomic E-state index is 0.327. The van der Waals surface area contributed by atoms with Crippen molar-refractivity contribution in [3.8, 4) is 5.75 Å². The van der Waals surface area contributed by atoms with Gasteiger partial charge in [-0.15, -0.1) is 0 Å². The van der Waals surface area contributed by atoms with Gasteiger partial charge in [0.25, 0.3) is 0 Å². The number of aryl methyl sites for hydroxylation is 1. The van der Waals surface area contributed by atoms with Crippen molar-refractivity contribution in [2.24, 2.45) is 5.92 Å². The Bertz CT molecular complexity index is 667. The van der Waals surface area contributed by atoms with Crippen molar-refractivity contribution in [1.82, 2.24) is 15.3 Å². The average molecular weight is 394 g/mol. The van der Waals surface area contributed by atoms with E-state index in [0.29, 0.717) is 18.6 Å². The number of aromatic nitrogens is 2. The largest absolute Gasteiger partial charge is 0.484 e. The molecule has 0 aliphatic carbocycles. The second-order valence-corrected chi connectivity index (χ2v) is 8.52. The van der Waals surface area contributed by atoms with Crippen molar-refractivity contribution < 1.29 is 14.3 Å². The van der Waals surface area contributed by atoms with Crippen LogP contribution in [-0.4, -0.2) is 54.4 Å². The molecular formula is C20H35N5O3. The number of nitrogens with one attached hydrogen (secondary N) is 2. The van der Waals surface area contributed by atoms with E-state index in [0.717, 1.165) is 36.3 Å². The van der Waals surface area contributed by atoms with E-state index in [2.05, 4.69) is 39.3 Å². The third kappa shape index (κ3) is 6.14. The van der Waals surface area contributed by atoms with Gasteiger partial charge in [0.2, 0.25) is 5.75 Å². The zero-order chi connectivity index (χ0) is 20.9. The molecule has 1 aromatic rings. The highest BCUT2D eigenvalue weighted by Crippen LogP contribution is 2.38. The molecule has 8 heteroatoms. The molecule has 28 heavy (non-hydrogen) atoms. The predicted molar refractivity (Wildman–Crippen MR) is 111 cm³/mol. The van der Waals surface area contributed by atoms with Crippen LogP contribution in [0, 0.1) is 12.8 Å². The Hall–Kier alpha value is -2.25. The number of anilines is 2. The number of amides is 1. The first-order valence-electron chi connectivity index (χ1n) is 10.0. The first-order chi connectivity index (χ1) is 13.1. The molecule has 0 aromatic carbocycles. The van der Waals surface area contributed by atoms with Gasteiger partial charge < -0.3 is 25.0 Å². The topological polar surface area (TPSA) is 88.6 Å². The Kier molecular flexibility index (Phi) is 7.32. The van der Waals surface area contributed by atoms with Gasteiger partial charge in [0.1, 0.15) is 18.0 Å². The Balaban J connectivity index is 0.000000266. The Labute approximate surface area is 168 Å². The van der Waals surface area contributed by atoms with Gasteiger partial charge >= 0.3 is 6.09 Å². The summed E-state index contributed by atoms with van der Waals surface area (Å²) in [6.45, 7) is 14.6. The number of hydrogen-bond acceptors (Lipinski definition) is 7. The second kappa shape index (κ2) is 9.30. The van der Waals surface area contributed by atoms with Crippen LogP contribution in [0.2, 0.25) is 0 Å². The molecule has 8 nitrogen and oxygen atoms in total. The lowest BCUT2D eigenvalue weighted by atomic mass is 10.0. The molecule has 2 aliphatic rings. The van der Waals surface area contributed by atoms with Crippen LogP contribution in [0.4, 0.5) is 16.4 Å². The molecule has 0 saturated carbocycles. The smallest absolute Gasteiger partial charge is 0.407 e. The zero-order valence-corrected chi connectivity index (χ0v) is 18.3. The summed E-state index contributed by atoms with van der Waals surface area (Å²) in [6, 6.07) is 0.327. The van der Waals surface area contributed by atoms with Gasteiger partial charge in [-0.05, 0) is 46.5 Å². The van der Waals surface area contributed by atoms with Crippen LogP contribution in [-0.2, 0) is 4.74 Å². The fourth-order valence-electron chi connectivity index (χ4n) is 3.00. The molecule has 2 N–H and O–H groups in total. The van der Waals surface area contributed by atoms with E-state index in [-0.39, 0.29) is 11.7 Å². The first kappa shape index (κ1) is 22.0. The van der Waals surface area contributed by atoms with Crippen LogP contribution in [0.3, 0.4) is 0 Å². The van der Waals surface area contributed by atoms with Gasteiger partial charge in [0.05, 0.1) is 6.04 Å². The van der Waals surface area contributed by atoms with E-state index in [1.807, 2.05) is 27.7 Å². The van der Waals surface area contributed by atoms with Crippen molar-refractivity contribution in [1.29, 1.82) is 0 Å². The summed E-state index contributed by atoms with van der Waals surface area (Å²) in [5, 5.41) is 5.86. The summed E-state index contributed by atoms with van der Waals surface area (Å²) in [4.78, 5) is 21.9. The van der Waals surface area contributed by atoms with Crippen molar-refractivity contribution in [2.45, 2.75) is 66.0 Å². The summed E-state index contributed by atoms with van der Waals surface area (Å²) in [7, 11) is 1.54. The minimum atomic E-state index is -0.389. The molecular weight excluding hydrogens is 358 g/mol. The minimum Gasteiger partial charge on any atom is -0.484 e. The third-order valence-corrected chi connectivity index (χ3v) is 4.50. The van der Waals surface area contributed by atoms with E-state index in [1.165, 1.54) is 19.9 Å². The summed E-state index contributed by atoms with van der Waals surface area (Å²) in [5.41, 5.74) is -0.389. The quantitative estimate of drug-likeness (QED) is 0.796. The standard InChI is InChI=1S/C14H22N4O.C6H13NO2/c1-9(2)11-8-19-12-13(17-11)15-10(3)16-14(12)18-6-4-5-7-18;1-6(2,3)9-5(8)7-4/h9,11H,4-8H2,1-3H3,(H,15,16,17);1-4H3,(H,7,8). The lowest BCUT2D eigenvalue weighted by Crippen LogP contribution is -2.37. The van der Waals surface area contributed by atoms with Gasteiger partial charge in [-0.2, -0.15) is 0 Å². The number of rotatable bonds is 2. The number of fused-ring (bicyclic) bond motifs is 1. The van der Waals surface area contributed by atoms with Gasteiger partial charge in [-0.1, -0.05) is 13.8 Å². The molecule has 1 unspecified atom stereocenters. The molecule has 0 spiro atoms. The van der Waals surface area contributed by atoms with Crippen LogP contribution in [0.25, 0.3) is 0 Å². The monoisotopic (exact) mass is 393 g/mol. The van der Waals surface area contributed by atoms with E-state index in [1.54, 1.807) is 0 Å². The molecule has 0 bridgehead atoms. The van der Waals surface area contributed by atoms with Crippen molar-refractivity contribution in [3.63, 3.8) is 0 Å². The van der Waals surface area contributed by atoms with Crippen molar-refractivity contribution in [2.75, 3.05) is 37.0 Å². The van der Waals surface area contributed by atoms with E-state index in [9.17, 15) is 4.79 Å². The van der Waals surface area contributed by atoms with Gasteiger partial charge in [0.15, 0.2) is 11.6 Å². The Morgan fingerprint density at radius 1 is 1.29 bits per heavy atom. The number of ether oxygens (including phenoxy) is 2. The zero-order valence-electron chi connectivity index (χ0n) is 18.3. The first-order valence-corrected chi connectivity index (χ1v) is 10.0. The summed E-state index contributed by atoms with van der Waals surface area (Å²) >= 11 is 0. The highest BCUT2D eigenvalue weighted by Gasteiger charge is 2.29. The van der Waals surface area contributed by atoms with Crippen LogP contribution in [0.5, 0.6) is 5.75 Å². The number of alkyl carbamates (subject to hydrolysis) is 1. The number of carbonyl (C=O) groups excluding carboxylic acids is 1. The molecule has 1 fully saturated rings. The third-order valence-electron chi connectivity index (χ3n) is 4.50. The molecule has 1 aromatic heterocycles. The molecule has 1 amide bonds. The Morgan fingerprint density at radius 3 is 2.43 bits per heavy atom. The fourth-order valence-corrected chi connectivity index (χ4v) is 3.00. The lowest BCUT2D eigenvalue weighted by Gasteiger charge is -2.31. The number of hydrogen-bond donors (Lipinski definition) is 2. The summed E-state index contributed by atoms with van der Waals surface area (Å²) < 4.78 is 10.8. The van der Waals surface area contributed by atoms with E-state index in [4.69, 9.17) is 9.47 Å². The normalized spacial score (nSPS) is 18.4. The van der Waals surface area contributed by atoms with Crippen LogP contribution >= 0.6 is 0 Å². The van der Waals surface area contributed by atoms with Crippen LogP contribution in [0.1, 0.15) is 53.3 Å². The molecule has 3 rings (SSSR count). The maximum atomic E-state index is 10.5. The SMILES string of the molecule is CNC(=O)OC(C)(C)C.Cc1nc2c(c(N3CCCC3)n1)OCC(C(C)C)N2. The van der Waals surface area contributed by atoms with Crippen LogP contribution in [0.15, 0.2) is 0 Å². The number of nitrogens with zero attached hydrogens (tertiary/aromatic N) is 3. The molecule has 3 heterocycles. The van der Waals surface area contributed by atoms with E-state index >= 15 is 0 Å². The summed E-state index contributed by atoms with van der Waals surface area (Å²) in [5.74, 6) is 4.00. The van der Waals surface area contributed by atoms with Crippen molar-refractivity contribution in [3.05, 3.63) is 5.82 Å². The van der Waals surface area contributed by atoms with Gasteiger partial charge in [0, 0.05) is 20.1 Å². The maximum Gasteiger partial charge on any atom is 0.407 e. The molecule has 2 aliphatic heterocycles. The second-order valence-electron chi connectivity index (χ2n) is 8.52. The summed E-state index contributed by atoms with van der Waals surface area (Å²) in [6.07, 6.45) is 2.09. The predicted octanol–water partition coefficient (Wildman–Crippen LogP) is 3.36. The fraction of sp³-hybridized carbons (Fsp3) is 0.750. The Morgan fingerprint density at radius 2 is 1.93 bits per heavy atom. The van der Waals surface area contributed by atoms with Gasteiger partial charge in [-0.25, -0.2) is 14.8 Å². The molecule has 1 saturated heterocycles. The maximum absolute atomic E-state index is 10.5. The van der Waals surface area contributed by atoms with Gasteiger partial charge in [-0.3, -0.25) is 0 Å². The molecule has 1 atom stereocenters. The number of carbonyl (C=O) groups is 1. The molecule has 0 radical (unpaired) electrons. The average Bonchev–Trinajstić information content (AvgIpc) is 3.13. The lowest BCUT2D eigenvalue weighted by molar-refractivity contribution is 0.0541. The van der Waals surface area contributed by atoms with Crippen LogP contribution < -0.4 is 20.3 Å². The highest BCUT2D eigenvalue weighted by atomic mass is 16.6. The van der Waals surface area contributed by atoms with Crippen molar-refractivity contribution >= 4 is 17.7 Å². The van der Waals surface area contributed by atoms with E-state index < -0.39 is 0 Å². The molecule has 158 valence electrons. The highest BCUT2D eigenvalue weighted by molar-refractivity contribution is 5.67.